The van der Waals surface area contributed by atoms with Gasteiger partial charge in [0, 0.05) is 102 Å². The Morgan fingerprint density at radius 1 is 0.159 bits per heavy atom. The van der Waals surface area contributed by atoms with Gasteiger partial charge in [0.05, 0.1) is 17.1 Å². The lowest BCUT2D eigenvalue weighted by atomic mass is 9.96. The number of nitrogens with zero attached hydrogens (tertiary/aromatic N) is 15. The van der Waals surface area contributed by atoms with Crippen molar-refractivity contribution in [3.8, 4) is 136 Å². The predicted octanol–water partition coefficient (Wildman–Crippen LogP) is 26.4. The quantitative estimate of drug-likeness (QED) is 0.106. The molecule has 15 aromatic carbocycles. The molecular formula is C111H75N15. The molecule has 0 aliphatic heterocycles. The Labute approximate surface area is 724 Å². The SMILES string of the molecule is Cc1c(-c2ccc(-c3nc(-c4cc5ccccc5c5ccccc45)nc(-c4cc5ccccc5c5ccccc45)n3)cc2)nc2ccccn12.Cc1c(-c2ccc(-c3nc(-c4ccc5ccccc5c4)nc(-c4ccc5ccccc5c4)n3)cc2)nc2ccccn12.Cc1c(-c2ccc(-c3nc(-c4ccccc4)nc(-c4ccccc4)n3)cc2)nc2ccccn12. The van der Waals surface area contributed by atoms with E-state index in [1.54, 1.807) is 0 Å². The third-order valence-corrected chi connectivity index (χ3v) is 23.6. The molecular weight excluding hydrogens is 1540 g/mol. The molecule has 594 valence electrons. The molecule has 0 spiro atoms. The number of pyridine rings is 3. The fraction of sp³-hybridized carbons (Fsp3) is 0.0270. The highest BCUT2D eigenvalue weighted by Gasteiger charge is 2.23. The van der Waals surface area contributed by atoms with E-state index >= 15 is 0 Å². The molecule has 0 aliphatic carbocycles. The van der Waals surface area contributed by atoms with Crippen LogP contribution in [0.4, 0.5) is 0 Å². The van der Waals surface area contributed by atoms with Crippen molar-refractivity contribution in [2.75, 3.05) is 0 Å². The number of hydrogen-bond donors (Lipinski definition) is 0. The molecule has 0 atom stereocenters. The number of rotatable bonds is 12. The Morgan fingerprint density at radius 2 is 0.397 bits per heavy atom. The van der Waals surface area contributed by atoms with E-state index < -0.39 is 0 Å². The van der Waals surface area contributed by atoms with Gasteiger partial charge in [0.15, 0.2) is 52.4 Å². The summed E-state index contributed by atoms with van der Waals surface area (Å²) < 4.78 is 6.34. The summed E-state index contributed by atoms with van der Waals surface area (Å²) in [5.41, 5.74) is 20.8. The fourth-order valence-corrected chi connectivity index (χ4v) is 17.1. The van der Waals surface area contributed by atoms with Crippen LogP contribution in [0.15, 0.2) is 401 Å². The lowest BCUT2D eigenvalue weighted by Gasteiger charge is -2.14. The highest BCUT2D eigenvalue weighted by Crippen LogP contribution is 2.41. The third-order valence-electron chi connectivity index (χ3n) is 23.6. The second-order valence-corrected chi connectivity index (χ2v) is 31.3. The normalized spacial score (nSPS) is 11.5. The van der Waals surface area contributed by atoms with Crippen molar-refractivity contribution in [3.63, 3.8) is 0 Å². The first kappa shape index (κ1) is 75.2. The monoisotopic (exact) mass is 1620 g/mol. The van der Waals surface area contributed by atoms with Gasteiger partial charge in [-0.2, -0.15) is 0 Å². The number of aromatic nitrogens is 15. The van der Waals surface area contributed by atoms with E-state index in [1.165, 1.54) is 32.3 Å². The Bertz CT molecular complexity index is 8020. The van der Waals surface area contributed by atoms with Gasteiger partial charge in [0.1, 0.15) is 16.9 Å². The molecule has 9 aromatic heterocycles. The van der Waals surface area contributed by atoms with Gasteiger partial charge in [-0.1, -0.05) is 322 Å². The van der Waals surface area contributed by atoms with Crippen molar-refractivity contribution in [2.45, 2.75) is 20.8 Å². The summed E-state index contributed by atoms with van der Waals surface area (Å²) in [5, 5.41) is 13.9. The summed E-state index contributed by atoms with van der Waals surface area (Å²) >= 11 is 0. The zero-order valence-corrected chi connectivity index (χ0v) is 68.8. The van der Waals surface area contributed by atoms with Crippen LogP contribution in [0.5, 0.6) is 0 Å². The van der Waals surface area contributed by atoms with Crippen LogP contribution >= 0.6 is 0 Å². The molecule has 15 heteroatoms. The van der Waals surface area contributed by atoms with Crippen molar-refractivity contribution in [1.29, 1.82) is 0 Å². The molecule has 0 bridgehead atoms. The average molecular weight is 1620 g/mol. The summed E-state index contributed by atoms with van der Waals surface area (Å²) in [6, 6.07) is 131. The van der Waals surface area contributed by atoms with Crippen LogP contribution < -0.4 is 0 Å². The van der Waals surface area contributed by atoms with Crippen molar-refractivity contribution in [2.24, 2.45) is 0 Å². The maximum absolute atomic E-state index is 5.28. The second-order valence-electron chi connectivity index (χ2n) is 31.3. The summed E-state index contributed by atoms with van der Waals surface area (Å²) in [4.78, 5) is 59.6. The van der Waals surface area contributed by atoms with Crippen LogP contribution in [0.3, 0.4) is 0 Å². The molecule has 0 aliphatic rings. The van der Waals surface area contributed by atoms with E-state index in [4.69, 9.17) is 59.8 Å². The van der Waals surface area contributed by atoms with Crippen LogP contribution in [0.1, 0.15) is 17.1 Å². The van der Waals surface area contributed by atoms with Gasteiger partial charge in [-0.25, -0.2) is 59.8 Å². The number of aryl methyl sites for hydroxylation is 3. The Morgan fingerprint density at radius 3 is 0.730 bits per heavy atom. The van der Waals surface area contributed by atoms with Gasteiger partial charge < -0.3 is 13.2 Å². The minimum atomic E-state index is 0.623. The molecule has 0 N–H and O–H groups in total. The fourth-order valence-electron chi connectivity index (χ4n) is 17.1. The van der Waals surface area contributed by atoms with E-state index in [9.17, 15) is 0 Å². The Hall–Kier alpha value is -17.0. The third kappa shape index (κ3) is 14.3. The van der Waals surface area contributed by atoms with Gasteiger partial charge in [0.2, 0.25) is 0 Å². The van der Waals surface area contributed by atoms with E-state index in [2.05, 4.69) is 307 Å². The lowest BCUT2D eigenvalue weighted by Crippen LogP contribution is -2.01. The van der Waals surface area contributed by atoms with Crippen molar-refractivity contribution in [1.82, 2.24) is 73.0 Å². The van der Waals surface area contributed by atoms with E-state index in [0.717, 1.165) is 150 Å². The van der Waals surface area contributed by atoms with E-state index in [1.807, 2.05) is 128 Å². The Kier molecular flexibility index (Phi) is 19.2. The highest BCUT2D eigenvalue weighted by atomic mass is 15.1. The van der Waals surface area contributed by atoms with Crippen LogP contribution in [-0.4, -0.2) is 73.0 Å². The van der Waals surface area contributed by atoms with Crippen LogP contribution in [0.2, 0.25) is 0 Å². The standard InChI is InChI=1S/C45H29N5.C37H25N5.C29H21N5/c1-28-42(46-41-20-10-11-25-50(28)41)29-21-23-30(24-22-29)43-47-44(39-26-31-12-2-4-14-33(31)35-16-6-8-18-37(35)39)49-45(48-43)40-27-32-13-3-5-15-34(32)36-17-7-9-19-38(36)40;1-24-34(38-33-12-6-7-21-42(24)33)27-15-17-28(18-16-27)35-39-36(31-19-13-25-8-2-4-10-29(25)22-31)41-37(40-35)32-20-14-26-9-3-5-11-30(26)23-32;1-20-26(30-25-14-8-9-19-34(20)25)21-15-17-24(18-16-21)29-32-27(22-10-4-2-5-11-22)31-28(33-29)23-12-6-3-7-13-23/h2-27H,1H3;2-23H,1H3;2-19H,1H3. The summed E-state index contributed by atoms with van der Waals surface area (Å²) in [5.74, 6) is 5.80. The molecule has 24 rings (SSSR count). The minimum absolute atomic E-state index is 0.623. The molecule has 0 fully saturated rings. The van der Waals surface area contributed by atoms with E-state index in [0.29, 0.717) is 52.4 Å². The molecule has 15 nitrogen and oxygen atoms in total. The van der Waals surface area contributed by atoms with Gasteiger partial charge in [-0.3, -0.25) is 0 Å². The van der Waals surface area contributed by atoms with E-state index in [-0.39, 0.29) is 0 Å². The molecule has 0 saturated carbocycles. The van der Waals surface area contributed by atoms with Crippen LogP contribution in [0.25, 0.3) is 218 Å². The smallest absolute Gasteiger partial charge is 0.164 e. The van der Waals surface area contributed by atoms with Gasteiger partial charge in [-0.05, 0) is 146 Å². The maximum Gasteiger partial charge on any atom is 0.164 e. The summed E-state index contributed by atoms with van der Waals surface area (Å²) in [6.45, 7) is 6.30. The second kappa shape index (κ2) is 32.2. The van der Waals surface area contributed by atoms with Crippen molar-refractivity contribution in [3.05, 3.63) is 418 Å². The van der Waals surface area contributed by atoms with Gasteiger partial charge >= 0.3 is 0 Å². The zero-order valence-electron chi connectivity index (χ0n) is 68.8. The molecule has 0 radical (unpaired) electrons. The number of imidazole rings is 3. The molecule has 0 amide bonds. The largest absolute Gasteiger partial charge is 0.304 e. The topological polar surface area (TPSA) is 168 Å². The van der Waals surface area contributed by atoms with Crippen molar-refractivity contribution >= 4 is 81.6 Å². The molecule has 0 saturated heterocycles. The first-order valence-electron chi connectivity index (χ1n) is 42.0. The molecule has 126 heavy (non-hydrogen) atoms. The summed E-state index contributed by atoms with van der Waals surface area (Å²) in [7, 11) is 0. The first-order valence-corrected chi connectivity index (χ1v) is 42.0. The zero-order chi connectivity index (χ0) is 84.1. The van der Waals surface area contributed by atoms with Gasteiger partial charge in [0.25, 0.3) is 0 Å². The highest BCUT2D eigenvalue weighted by molar-refractivity contribution is 6.15. The summed E-state index contributed by atoms with van der Waals surface area (Å²) in [6.07, 6.45) is 6.13. The number of hydrogen-bond acceptors (Lipinski definition) is 12. The van der Waals surface area contributed by atoms with Crippen molar-refractivity contribution < 1.29 is 0 Å². The van der Waals surface area contributed by atoms with Crippen LogP contribution in [-0.2, 0) is 0 Å². The Balaban J connectivity index is 0.000000114. The average Bonchev–Trinajstić information content (AvgIpc) is 0.957. The predicted molar refractivity (Wildman–Crippen MR) is 510 cm³/mol. The lowest BCUT2D eigenvalue weighted by molar-refractivity contribution is 1.07. The maximum atomic E-state index is 5.28. The molecule has 0 unspecified atom stereocenters. The molecule has 9 heterocycles. The number of benzene rings is 15. The first-order chi connectivity index (χ1) is 62.1. The molecule has 24 aromatic rings. The minimum Gasteiger partial charge on any atom is -0.304 e. The number of fused-ring (bicyclic) bond motifs is 11. The van der Waals surface area contributed by atoms with Crippen LogP contribution in [0, 0.1) is 20.8 Å². The van der Waals surface area contributed by atoms with Gasteiger partial charge in [-0.15, -0.1) is 0 Å².